The summed E-state index contributed by atoms with van der Waals surface area (Å²) in [5.74, 6) is 1.82. The second-order valence-corrected chi connectivity index (χ2v) is 7.31. The van der Waals surface area contributed by atoms with E-state index in [0.717, 1.165) is 22.6 Å². The lowest BCUT2D eigenvalue weighted by Crippen LogP contribution is -2.08. The van der Waals surface area contributed by atoms with E-state index in [0.29, 0.717) is 23.9 Å². The minimum absolute atomic E-state index is 0.0323. The van der Waals surface area contributed by atoms with Crippen LogP contribution in [0.4, 0.5) is 0 Å². The number of carbonyl (C=O) groups is 1. The van der Waals surface area contributed by atoms with Crippen LogP contribution in [0, 0.1) is 0 Å². The van der Waals surface area contributed by atoms with Gasteiger partial charge >= 0.3 is 0 Å². The van der Waals surface area contributed by atoms with E-state index in [2.05, 4.69) is 20.5 Å². The summed E-state index contributed by atoms with van der Waals surface area (Å²) in [6.45, 7) is 2.98. The number of benzene rings is 2. The van der Waals surface area contributed by atoms with E-state index in [9.17, 15) is 4.79 Å². The molecule has 8 nitrogen and oxygen atoms in total. The molecule has 148 valence electrons. The molecule has 9 heteroatoms. The molecule has 0 N–H and O–H groups in total. The van der Waals surface area contributed by atoms with Crippen molar-refractivity contribution in [3.05, 3.63) is 59.9 Å². The van der Waals surface area contributed by atoms with Gasteiger partial charge in [-0.3, -0.25) is 4.79 Å². The second-order valence-electron chi connectivity index (χ2n) is 6.36. The van der Waals surface area contributed by atoms with Crippen LogP contribution in [-0.4, -0.2) is 47.9 Å². The van der Waals surface area contributed by atoms with Gasteiger partial charge in [0.2, 0.25) is 0 Å². The third-order valence-corrected chi connectivity index (χ3v) is 5.48. The van der Waals surface area contributed by atoms with Crippen molar-refractivity contribution in [2.75, 3.05) is 12.4 Å². The van der Waals surface area contributed by atoms with E-state index < -0.39 is 0 Å². The highest BCUT2D eigenvalue weighted by atomic mass is 32.2. The number of rotatable bonds is 8. The van der Waals surface area contributed by atoms with Crippen LogP contribution in [0.1, 0.15) is 23.1 Å². The molecule has 0 saturated carbocycles. The highest BCUT2D eigenvalue weighted by Crippen LogP contribution is 2.20. The molecule has 0 aliphatic heterocycles. The topological polar surface area (TPSA) is 87.7 Å². The van der Waals surface area contributed by atoms with Gasteiger partial charge in [-0.1, -0.05) is 29.1 Å². The standard InChI is InChI=1S/C20H20N6O2S/c1-3-28-15-10-8-14(9-11-15)18(27)13-29-20-23-22-19(25(20)2)12-26-17-7-5-4-6-16(17)21-24-26/h4-11H,3,12-13H2,1-2H3. The minimum Gasteiger partial charge on any atom is -0.494 e. The van der Waals surface area contributed by atoms with E-state index in [-0.39, 0.29) is 11.5 Å². The molecule has 4 rings (SSSR count). The molecule has 0 amide bonds. The molecular formula is C20H20N6O2S. The zero-order chi connectivity index (χ0) is 20.2. The van der Waals surface area contributed by atoms with Crippen molar-refractivity contribution in [3.8, 4) is 5.75 Å². The lowest BCUT2D eigenvalue weighted by atomic mass is 10.1. The summed E-state index contributed by atoms with van der Waals surface area (Å²) in [5, 5.41) is 17.5. The zero-order valence-corrected chi connectivity index (χ0v) is 17.0. The Morgan fingerprint density at radius 3 is 2.66 bits per heavy atom. The molecule has 2 aromatic heterocycles. The van der Waals surface area contributed by atoms with Crippen molar-refractivity contribution >= 4 is 28.6 Å². The number of hydrogen-bond acceptors (Lipinski definition) is 7. The van der Waals surface area contributed by atoms with Crippen molar-refractivity contribution in [1.29, 1.82) is 0 Å². The normalized spacial score (nSPS) is 11.1. The number of thioether (sulfide) groups is 1. The second kappa shape index (κ2) is 8.44. The van der Waals surface area contributed by atoms with Crippen LogP contribution in [0.5, 0.6) is 5.75 Å². The van der Waals surface area contributed by atoms with Gasteiger partial charge in [0.15, 0.2) is 16.8 Å². The van der Waals surface area contributed by atoms with Crippen LogP contribution in [0.25, 0.3) is 11.0 Å². The smallest absolute Gasteiger partial charge is 0.191 e. The van der Waals surface area contributed by atoms with E-state index in [1.807, 2.05) is 54.9 Å². The molecule has 0 spiro atoms. The fourth-order valence-electron chi connectivity index (χ4n) is 2.89. The minimum atomic E-state index is 0.0323. The van der Waals surface area contributed by atoms with Gasteiger partial charge in [0.1, 0.15) is 17.8 Å². The zero-order valence-electron chi connectivity index (χ0n) is 16.1. The number of para-hydroxylation sites is 1. The lowest BCUT2D eigenvalue weighted by molar-refractivity contribution is 0.102. The number of hydrogen-bond donors (Lipinski definition) is 0. The lowest BCUT2D eigenvalue weighted by Gasteiger charge is -2.05. The van der Waals surface area contributed by atoms with Gasteiger partial charge in [-0.15, -0.1) is 15.3 Å². The Hall–Kier alpha value is -3.20. The first kappa shape index (κ1) is 19.1. The molecule has 0 radical (unpaired) electrons. The first-order chi connectivity index (χ1) is 14.2. The Morgan fingerprint density at radius 2 is 1.86 bits per heavy atom. The Bertz CT molecular complexity index is 1140. The highest BCUT2D eigenvalue weighted by molar-refractivity contribution is 7.99. The summed E-state index contributed by atoms with van der Waals surface area (Å²) in [6, 6.07) is 15.0. The summed E-state index contributed by atoms with van der Waals surface area (Å²) in [4.78, 5) is 12.5. The van der Waals surface area contributed by atoms with E-state index >= 15 is 0 Å². The van der Waals surface area contributed by atoms with Gasteiger partial charge in [0.05, 0.1) is 17.9 Å². The van der Waals surface area contributed by atoms with E-state index in [4.69, 9.17) is 4.74 Å². The van der Waals surface area contributed by atoms with Gasteiger partial charge in [-0.25, -0.2) is 4.68 Å². The number of nitrogens with zero attached hydrogens (tertiary/aromatic N) is 6. The summed E-state index contributed by atoms with van der Waals surface area (Å²) >= 11 is 1.36. The number of Topliss-reactive ketones (excluding diaryl/α,β-unsaturated/α-hetero) is 1. The molecule has 0 aliphatic carbocycles. The molecule has 0 aliphatic rings. The molecule has 4 aromatic rings. The van der Waals surface area contributed by atoms with Crippen molar-refractivity contribution in [2.24, 2.45) is 7.05 Å². The van der Waals surface area contributed by atoms with E-state index in [1.54, 1.807) is 16.8 Å². The van der Waals surface area contributed by atoms with Crippen molar-refractivity contribution in [3.63, 3.8) is 0 Å². The number of carbonyl (C=O) groups excluding carboxylic acids is 1. The average molecular weight is 408 g/mol. The first-order valence-corrected chi connectivity index (χ1v) is 10.2. The summed E-state index contributed by atoms with van der Waals surface area (Å²) in [6.07, 6.45) is 0. The molecule has 0 atom stereocenters. The maximum absolute atomic E-state index is 12.5. The monoisotopic (exact) mass is 408 g/mol. The third kappa shape index (κ3) is 4.14. The molecule has 2 aromatic carbocycles. The van der Waals surface area contributed by atoms with Crippen molar-refractivity contribution < 1.29 is 9.53 Å². The summed E-state index contributed by atoms with van der Waals surface area (Å²) in [5.41, 5.74) is 2.43. The SMILES string of the molecule is CCOc1ccc(C(=O)CSc2nnc(Cn3nnc4ccccc43)n2C)cc1. The molecule has 0 unspecified atom stereocenters. The fraction of sp³-hybridized carbons (Fsp3) is 0.250. The Kier molecular flexibility index (Phi) is 5.57. The summed E-state index contributed by atoms with van der Waals surface area (Å²) in [7, 11) is 1.89. The molecule has 29 heavy (non-hydrogen) atoms. The molecule has 0 bridgehead atoms. The molecule has 0 saturated heterocycles. The highest BCUT2D eigenvalue weighted by Gasteiger charge is 2.14. The number of ketones is 1. The van der Waals surface area contributed by atoms with Crippen molar-refractivity contribution in [2.45, 2.75) is 18.6 Å². The quantitative estimate of drug-likeness (QED) is 0.327. The number of fused-ring (bicyclic) bond motifs is 1. The Balaban J connectivity index is 1.41. The van der Waals surface area contributed by atoms with Crippen LogP contribution in [0.2, 0.25) is 0 Å². The Labute approximate surface area is 171 Å². The van der Waals surface area contributed by atoms with Crippen LogP contribution in [0.15, 0.2) is 53.7 Å². The predicted octanol–water partition coefficient (Wildman–Crippen LogP) is 2.98. The largest absolute Gasteiger partial charge is 0.494 e. The molecule has 2 heterocycles. The average Bonchev–Trinajstić information content (AvgIpc) is 3.31. The van der Waals surface area contributed by atoms with Crippen LogP contribution < -0.4 is 4.74 Å². The van der Waals surface area contributed by atoms with Gasteiger partial charge in [-0.05, 0) is 43.3 Å². The van der Waals surface area contributed by atoms with Crippen LogP contribution in [-0.2, 0) is 13.6 Å². The first-order valence-electron chi connectivity index (χ1n) is 9.21. The molecule has 0 fully saturated rings. The van der Waals surface area contributed by atoms with Crippen molar-refractivity contribution in [1.82, 2.24) is 29.8 Å². The Morgan fingerprint density at radius 1 is 1.07 bits per heavy atom. The summed E-state index contributed by atoms with van der Waals surface area (Å²) < 4.78 is 9.08. The third-order valence-electron chi connectivity index (χ3n) is 4.46. The van der Waals surface area contributed by atoms with Gasteiger partial charge in [-0.2, -0.15) is 0 Å². The van der Waals surface area contributed by atoms with E-state index in [1.165, 1.54) is 11.8 Å². The number of aromatic nitrogens is 6. The fourth-order valence-corrected chi connectivity index (χ4v) is 3.72. The molecular weight excluding hydrogens is 388 g/mol. The van der Waals surface area contributed by atoms with Gasteiger partial charge in [0.25, 0.3) is 0 Å². The maximum atomic E-state index is 12.5. The van der Waals surface area contributed by atoms with Gasteiger partial charge in [0, 0.05) is 12.6 Å². The van der Waals surface area contributed by atoms with Gasteiger partial charge < -0.3 is 9.30 Å². The van der Waals surface area contributed by atoms with Crippen LogP contribution in [0.3, 0.4) is 0 Å². The predicted molar refractivity (Wildman–Crippen MR) is 110 cm³/mol. The van der Waals surface area contributed by atoms with Crippen LogP contribution >= 0.6 is 11.8 Å². The number of ether oxygens (including phenoxy) is 1. The maximum Gasteiger partial charge on any atom is 0.191 e.